The van der Waals surface area contributed by atoms with Gasteiger partial charge >= 0.3 is 0 Å². The Morgan fingerprint density at radius 2 is 1.88 bits per heavy atom. The molecule has 3 heterocycles. The molecule has 1 amide bonds. The van der Waals surface area contributed by atoms with Gasteiger partial charge in [0.05, 0.1) is 11.9 Å². The molecule has 0 fully saturated rings. The molecule has 0 aliphatic heterocycles. The van der Waals surface area contributed by atoms with Crippen LogP contribution in [0.2, 0.25) is 0 Å². The van der Waals surface area contributed by atoms with Crippen LogP contribution in [-0.4, -0.2) is 30.5 Å². The standard InChI is InChI=1S/C17H13FN6OS/c1-11-21-22-17(26-11)20-15(25)14-10-19-24(13-6-4-12(18)5-7-13)16(14)23-8-2-3-9-23/h2-10H,1H3,(H,20,22,25). The van der Waals surface area contributed by atoms with Crippen molar-refractivity contribution in [3.8, 4) is 11.5 Å². The number of amides is 1. The summed E-state index contributed by atoms with van der Waals surface area (Å²) in [6.45, 7) is 1.81. The Hall–Kier alpha value is -3.33. The van der Waals surface area contributed by atoms with Gasteiger partial charge in [0, 0.05) is 12.4 Å². The summed E-state index contributed by atoms with van der Waals surface area (Å²) in [5, 5.41) is 16.0. The van der Waals surface area contributed by atoms with E-state index in [9.17, 15) is 9.18 Å². The molecule has 0 saturated heterocycles. The lowest BCUT2D eigenvalue weighted by Crippen LogP contribution is -2.15. The zero-order chi connectivity index (χ0) is 18.1. The predicted octanol–water partition coefficient (Wildman–Crippen LogP) is 3.21. The van der Waals surface area contributed by atoms with Crippen molar-refractivity contribution in [2.24, 2.45) is 0 Å². The van der Waals surface area contributed by atoms with Gasteiger partial charge in [-0.15, -0.1) is 10.2 Å². The van der Waals surface area contributed by atoms with Crippen molar-refractivity contribution in [2.75, 3.05) is 5.32 Å². The summed E-state index contributed by atoms with van der Waals surface area (Å²) >= 11 is 1.29. The first-order valence-corrected chi connectivity index (χ1v) is 8.52. The van der Waals surface area contributed by atoms with Crippen LogP contribution in [-0.2, 0) is 0 Å². The summed E-state index contributed by atoms with van der Waals surface area (Å²) in [5.74, 6) is -0.147. The van der Waals surface area contributed by atoms with E-state index >= 15 is 0 Å². The Balaban J connectivity index is 1.77. The van der Waals surface area contributed by atoms with E-state index in [0.29, 0.717) is 22.2 Å². The van der Waals surface area contributed by atoms with E-state index in [0.717, 1.165) is 5.01 Å². The Labute approximate surface area is 151 Å². The summed E-state index contributed by atoms with van der Waals surface area (Å²) in [7, 11) is 0. The topological polar surface area (TPSA) is 77.6 Å². The molecule has 0 spiro atoms. The first-order valence-electron chi connectivity index (χ1n) is 7.70. The summed E-state index contributed by atoms with van der Waals surface area (Å²) in [5.41, 5.74) is 0.999. The zero-order valence-corrected chi connectivity index (χ0v) is 14.4. The van der Waals surface area contributed by atoms with E-state index in [2.05, 4.69) is 20.6 Å². The normalized spacial score (nSPS) is 10.8. The molecule has 26 heavy (non-hydrogen) atoms. The van der Waals surface area contributed by atoms with Crippen molar-refractivity contribution in [2.45, 2.75) is 6.92 Å². The van der Waals surface area contributed by atoms with Gasteiger partial charge < -0.3 is 4.57 Å². The quantitative estimate of drug-likeness (QED) is 0.600. The first-order chi connectivity index (χ1) is 12.6. The maximum atomic E-state index is 13.2. The number of nitrogens with zero attached hydrogens (tertiary/aromatic N) is 5. The minimum Gasteiger partial charge on any atom is -0.308 e. The average Bonchev–Trinajstić information content (AvgIpc) is 3.35. The molecule has 0 aliphatic rings. The van der Waals surface area contributed by atoms with Crippen LogP contribution >= 0.6 is 11.3 Å². The number of carbonyl (C=O) groups is 1. The monoisotopic (exact) mass is 368 g/mol. The van der Waals surface area contributed by atoms with Gasteiger partial charge in [-0.25, -0.2) is 9.07 Å². The van der Waals surface area contributed by atoms with Gasteiger partial charge in [-0.2, -0.15) is 5.10 Å². The Morgan fingerprint density at radius 1 is 1.15 bits per heavy atom. The van der Waals surface area contributed by atoms with Gasteiger partial charge in [-0.05, 0) is 43.3 Å². The molecule has 9 heteroatoms. The van der Waals surface area contributed by atoms with E-state index in [1.165, 1.54) is 29.7 Å². The zero-order valence-electron chi connectivity index (χ0n) is 13.6. The number of halogens is 1. The second-order valence-electron chi connectivity index (χ2n) is 5.44. The Bertz CT molecular complexity index is 1050. The largest absolute Gasteiger partial charge is 0.308 e. The van der Waals surface area contributed by atoms with Crippen molar-refractivity contribution in [1.29, 1.82) is 0 Å². The van der Waals surface area contributed by atoms with Gasteiger partial charge in [-0.3, -0.25) is 10.1 Å². The van der Waals surface area contributed by atoms with Crippen LogP contribution in [0.5, 0.6) is 0 Å². The second kappa shape index (κ2) is 6.52. The second-order valence-corrected chi connectivity index (χ2v) is 6.62. The highest BCUT2D eigenvalue weighted by Crippen LogP contribution is 2.22. The van der Waals surface area contributed by atoms with Crippen LogP contribution in [0, 0.1) is 12.7 Å². The Kier molecular flexibility index (Phi) is 4.05. The number of anilines is 1. The van der Waals surface area contributed by atoms with Crippen LogP contribution in [0.4, 0.5) is 9.52 Å². The SMILES string of the molecule is Cc1nnc(NC(=O)c2cnn(-c3ccc(F)cc3)c2-n2cccc2)s1. The number of aromatic nitrogens is 5. The highest BCUT2D eigenvalue weighted by Gasteiger charge is 2.21. The van der Waals surface area contributed by atoms with Crippen LogP contribution in [0.1, 0.15) is 15.4 Å². The fourth-order valence-corrected chi connectivity index (χ4v) is 3.10. The molecule has 7 nitrogen and oxygen atoms in total. The summed E-state index contributed by atoms with van der Waals surface area (Å²) < 4.78 is 16.6. The smallest absolute Gasteiger partial charge is 0.262 e. The van der Waals surface area contributed by atoms with E-state index in [1.54, 1.807) is 21.4 Å². The van der Waals surface area contributed by atoms with Crippen molar-refractivity contribution in [3.63, 3.8) is 0 Å². The number of carbonyl (C=O) groups excluding carboxylic acids is 1. The minimum absolute atomic E-state index is 0.340. The molecule has 4 aromatic rings. The van der Waals surface area contributed by atoms with E-state index in [4.69, 9.17) is 0 Å². The minimum atomic E-state index is -0.349. The molecule has 130 valence electrons. The van der Waals surface area contributed by atoms with Crippen LogP contribution in [0.3, 0.4) is 0 Å². The van der Waals surface area contributed by atoms with Crippen molar-refractivity contribution >= 4 is 22.4 Å². The van der Waals surface area contributed by atoms with Crippen LogP contribution < -0.4 is 5.32 Å². The highest BCUT2D eigenvalue weighted by atomic mass is 32.1. The first kappa shape index (κ1) is 16.2. The van der Waals surface area contributed by atoms with E-state index < -0.39 is 0 Å². The summed E-state index contributed by atoms with van der Waals surface area (Å²) in [6, 6.07) is 9.59. The molecular formula is C17H13FN6OS. The van der Waals surface area contributed by atoms with E-state index in [-0.39, 0.29) is 11.7 Å². The molecule has 1 N–H and O–H groups in total. The number of hydrogen-bond donors (Lipinski definition) is 1. The third-order valence-corrected chi connectivity index (χ3v) is 4.41. The summed E-state index contributed by atoms with van der Waals surface area (Å²) in [4.78, 5) is 12.7. The molecule has 1 aromatic carbocycles. The number of hydrogen-bond acceptors (Lipinski definition) is 5. The fraction of sp³-hybridized carbons (Fsp3) is 0.0588. The van der Waals surface area contributed by atoms with Gasteiger partial charge in [-0.1, -0.05) is 11.3 Å². The number of nitrogens with one attached hydrogen (secondary N) is 1. The lowest BCUT2D eigenvalue weighted by molar-refractivity contribution is 0.102. The van der Waals surface area contributed by atoms with Crippen LogP contribution in [0.25, 0.3) is 11.5 Å². The van der Waals surface area contributed by atoms with Crippen molar-refractivity contribution < 1.29 is 9.18 Å². The van der Waals surface area contributed by atoms with Gasteiger partial charge in [0.2, 0.25) is 5.13 Å². The number of aryl methyl sites for hydroxylation is 1. The van der Waals surface area contributed by atoms with Gasteiger partial charge in [0.25, 0.3) is 5.91 Å². The van der Waals surface area contributed by atoms with E-state index in [1.807, 2.05) is 31.5 Å². The molecule has 0 bridgehead atoms. The van der Waals surface area contributed by atoms with Gasteiger partial charge in [0.1, 0.15) is 16.4 Å². The fourth-order valence-electron chi connectivity index (χ4n) is 2.51. The van der Waals surface area contributed by atoms with Gasteiger partial charge in [0.15, 0.2) is 5.82 Å². The Morgan fingerprint density at radius 3 is 2.54 bits per heavy atom. The maximum absolute atomic E-state index is 13.2. The number of benzene rings is 1. The highest BCUT2D eigenvalue weighted by molar-refractivity contribution is 7.15. The molecule has 3 aromatic heterocycles. The molecule has 0 aliphatic carbocycles. The number of rotatable bonds is 4. The van der Waals surface area contributed by atoms with Crippen LogP contribution in [0.15, 0.2) is 55.0 Å². The predicted molar refractivity (Wildman–Crippen MR) is 95.4 cm³/mol. The lowest BCUT2D eigenvalue weighted by atomic mass is 10.3. The lowest BCUT2D eigenvalue weighted by Gasteiger charge is -2.10. The summed E-state index contributed by atoms with van der Waals surface area (Å²) in [6.07, 6.45) is 5.09. The average molecular weight is 368 g/mol. The maximum Gasteiger partial charge on any atom is 0.262 e. The molecule has 4 rings (SSSR count). The molecule has 0 atom stereocenters. The molecular weight excluding hydrogens is 355 g/mol. The molecule has 0 saturated carbocycles. The molecule has 0 unspecified atom stereocenters. The molecule has 0 radical (unpaired) electrons. The van der Waals surface area contributed by atoms with Crippen molar-refractivity contribution in [3.05, 3.63) is 71.4 Å². The third-order valence-electron chi connectivity index (χ3n) is 3.66. The third kappa shape index (κ3) is 3.00. The van der Waals surface area contributed by atoms with Crippen molar-refractivity contribution in [1.82, 2.24) is 24.5 Å².